The second-order valence-corrected chi connectivity index (χ2v) is 7.17. The number of ether oxygens (including phenoxy) is 2. The highest BCUT2D eigenvalue weighted by Crippen LogP contribution is 2.33. The molecule has 4 rings (SSSR count). The number of hydrogen-bond acceptors (Lipinski definition) is 4. The first kappa shape index (κ1) is 19.1. The molecular formula is C22H25N3O4. The van der Waals surface area contributed by atoms with Crippen molar-refractivity contribution in [1.29, 1.82) is 0 Å². The molecule has 29 heavy (non-hydrogen) atoms. The molecule has 0 N–H and O–H groups in total. The molecule has 1 saturated heterocycles. The first-order valence-corrected chi connectivity index (χ1v) is 9.79. The third-order valence-electron chi connectivity index (χ3n) is 5.51. The van der Waals surface area contributed by atoms with Gasteiger partial charge in [-0.25, -0.2) is 4.79 Å². The van der Waals surface area contributed by atoms with Gasteiger partial charge in [-0.3, -0.25) is 9.69 Å². The highest BCUT2D eigenvalue weighted by atomic mass is 16.5. The largest absolute Gasteiger partial charge is 0.493 e. The first-order chi connectivity index (χ1) is 14.1. The van der Waals surface area contributed by atoms with Crippen LogP contribution in [0.2, 0.25) is 0 Å². The number of nitrogens with zero attached hydrogens (tertiary/aromatic N) is 3. The molecule has 0 bridgehead atoms. The quantitative estimate of drug-likeness (QED) is 0.781. The van der Waals surface area contributed by atoms with Crippen LogP contribution in [0.1, 0.15) is 12.0 Å². The molecule has 0 aromatic heterocycles. The molecule has 0 unspecified atom stereocenters. The van der Waals surface area contributed by atoms with Crippen molar-refractivity contribution in [3.63, 3.8) is 0 Å². The number of fused-ring (bicyclic) bond motifs is 1. The number of rotatable bonds is 5. The molecule has 152 valence electrons. The maximum Gasteiger partial charge on any atom is 0.325 e. The molecule has 2 heterocycles. The smallest absolute Gasteiger partial charge is 0.325 e. The lowest BCUT2D eigenvalue weighted by Gasteiger charge is -2.30. The molecule has 0 radical (unpaired) electrons. The number of carbonyl (C=O) groups excluding carboxylic acids is 2. The summed E-state index contributed by atoms with van der Waals surface area (Å²) in [6, 6.07) is 13.2. The van der Waals surface area contributed by atoms with E-state index in [1.807, 2.05) is 29.2 Å². The Kier molecular flexibility index (Phi) is 5.29. The van der Waals surface area contributed by atoms with Crippen molar-refractivity contribution >= 4 is 23.3 Å². The van der Waals surface area contributed by atoms with Gasteiger partial charge in [0.2, 0.25) is 5.91 Å². The fourth-order valence-corrected chi connectivity index (χ4v) is 4.00. The lowest BCUT2D eigenvalue weighted by atomic mass is 10.0. The fourth-order valence-electron chi connectivity index (χ4n) is 4.00. The van der Waals surface area contributed by atoms with E-state index in [-0.39, 0.29) is 18.5 Å². The summed E-state index contributed by atoms with van der Waals surface area (Å²) in [4.78, 5) is 31.0. The molecule has 0 saturated carbocycles. The van der Waals surface area contributed by atoms with Gasteiger partial charge in [0.05, 0.1) is 14.2 Å². The van der Waals surface area contributed by atoms with Crippen LogP contribution in [0.3, 0.4) is 0 Å². The maximum absolute atomic E-state index is 13.0. The van der Waals surface area contributed by atoms with Crippen molar-refractivity contribution in [3.05, 3.63) is 48.0 Å². The predicted octanol–water partition coefficient (Wildman–Crippen LogP) is 2.93. The van der Waals surface area contributed by atoms with Crippen LogP contribution in [-0.2, 0) is 11.2 Å². The number of anilines is 2. The molecule has 2 aromatic rings. The number of hydrogen-bond donors (Lipinski definition) is 0. The third kappa shape index (κ3) is 3.60. The lowest BCUT2D eigenvalue weighted by molar-refractivity contribution is -0.119. The SMILES string of the molecule is COc1ccc(N2CCN(CC(=O)N3CCCc4ccccc43)C2=O)cc1OC. The Morgan fingerprint density at radius 3 is 2.59 bits per heavy atom. The van der Waals surface area contributed by atoms with Crippen molar-refractivity contribution < 1.29 is 19.1 Å². The Morgan fingerprint density at radius 2 is 1.79 bits per heavy atom. The maximum atomic E-state index is 13.0. The van der Waals surface area contributed by atoms with Crippen LogP contribution < -0.4 is 19.3 Å². The van der Waals surface area contributed by atoms with Crippen molar-refractivity contribution in [2.75, 3.05) is 50.2 Å². The highest BCUT2D eigenvalue weighted by Gasteiger charge is 2.33. The Balaban J connectivity index is 1.47. The molecule has 7 nitrogen and oxygen atoms in total. The molecular weight excluding hydrogens is 370 g/mol. The van der Waals surface area contributed by atoms with E-state index in [1.54, 1.807) is 36.2 Å². The zero-order valence-corrected chi connectivity index (χ0v) is 16.8. The molecule has 1 fully saturated rings. The number of carbonyl (C=O) groups is 2. The topological polar surface area (TPSA) is 62.3 Å². The van der Waals surface area contributed by atoms with Gasteiger partial charge in [-0.05, 0) is 36.6 Å². The normalized spacial score (nSPS) is 16.1. The standard InChI is InChI=1S/C22H25N3O4/c1-28-19-10-9-17(14-20(19)29-2)24-13-12-23(22(24)27)15-21(26)25-11-5-7-16-6-3-4-8-18(16)25/h3-4,6,8-10,14H,5,7,11-13,15H2,1-2H3. The van der Waals surface area contributed by atoms with Crippen LogP contribution in [0.15, 0.2) is 42.5 Å². The summed E-state index contributed by atoms with van der Waals surface area (Å²) in [6.45, 7) is 1.81. The van der Waals surface area contributed by atoms with Gasteiger partial charge in [-0.15, -0.1) is 0 Å². The number of amides is 3. The summed E-state index contributed by atoms with van der Waals surface area (Å²) < 4.78 is 10.6. The van der Waals surface area contributed by atoms with Gasteiger partial charge in [0, 0.05) is 37.1 Å². The van der Waals surface area contributed by atoms with E-state index < -0.39 is 0 Å². The monoisotopic (exact) mass is 395 g/mol. The van der Waals surface area contributed by atoms with Crippen LogP contribution >= 0.6 is 0 Å². The molecule has 0 spiro atoms. The van der Waals surface area contributed by atoms with Crippen LogP contribution in [0.5, 0.6) is 11.5 Å². The molecule has 0 atom stereocenters. The minimum Gasteiger partial charge on any atom is -0.493 e. The van der Waals surface area contributed by atoms with Gasteiger partial charge < -0.3 is 19.3 Å². The average Bonchev–Trinajstić information content (AvgIpc) is 3.12. The first-order valence-electron chi connectivity index (χ1n) is 9.79. The van der Waals surface area contributed by atoms with Gasteiger partial charge in [0.1, 0.15) is 6.54 Å². The Morgan fingerprint density at radius 1 is 1.00 bits per heavy atom. The number of methoxy groups -OCH3 is 2. The van der Waals surface area contributed by atoms with E-state index in [1.165, 1.54) is 5.56 Å². The molecule has 7 heteroatoms. The van der Waals surface area contributed by atoms with Gasteiger partial charge in [-0.2, -0.15) is 0 Å². The van der Waals surface area contributed by atoms with E-state index in [9.17, 15) is 9.59 Å². The summed E-state index contributed by atoms with van der Waals surface area (Å²) >= 11 is 0. The highest BCUT2D eigenvalue weighted by molar-refractivity contribution is 6.01. The van der Waals surface area contributed by atoms with E-state index in [0.717, 1.165) is 24.2 Å². The average molecular weight is 395 g/mol. The van der Waals surface area contributed by atoms with Gasteiger partial charge >= 0.3 is 6.03 Å². The number of aryl methyl sites for hydroxylation is 1. The van der Waals surface area contributed by atoms with Crippen LogP contribution in [-0.4, -0.2) is 57.2 Å². The molecule has 2 aromatic carbocycles. The van der Waals surface area contributed by atoms with Crippen molar-refractivity contribution in [1.82, 2.24) is 4.90 Å². The number of benzene rings is 2. The van der Waals surface area contributed by atoms with E-state index >= 15 is 0 Å². The van der Waals surface area contributed by atoms with Gasteiger partial charge in [0.25, 0.3) is 0 Å². The van der Waals surface area contributed by atoms with E-state index in [4.69, 9.17) is 9.47 Å². The molecule has 0 aliphatic carbocycles. The summed E-state index contributed by atoms with van der Waals surface area (Å²) in [5, 5.41) is 0. The van der Waals surface area contributed by atoms with Gasteiger partial charge in [0.15, 0.2) is 11.5 Å². The van der Waals surface area contributed by atoms with E-state index in [2.05, 4.69) is 6.07 Å². The minimum absolute atomic E-state index is 0.0420. The molecule has 2 aliphatic rings. The zero-order valence-electron chi connectivity index (χ0n) is 16.8. The summed E-state index contributed by atoms with van der Waals surface area (Å²) in [7, 11) is 3.14. The number of urea groups is 1. The van der Waals surface area contributed by atoms with Crippen LogP contribution in [0.25, 0.3) is 0 Å². The van der Waals surface area contributed by atoms with Crippen LogP contribution in [0.4, 0.5) is 16.2 Å². The molecule has 3 amide bonds. The second kappa shape index (κ2) is 8.03. The minimum atomic E-state index is -0.170. The Bertz CT molecular complexity index is 930. The zero-order chi connectivity index (χ0) is 20.4. The predicted molar refractivity (Wildman–Crippen MR) is 111 cm³/mol. The van der Waals surface area contributed by atoms with Crippen molar-refractivity contribution in [2.24, 2.45) is 0 Å². The summed E-state index contributed by atoms with van der Waals surface area (Å²) in [5.41, 5.74) is 2.88. The van der Waals surface area contributed by atoms with Gasteiger partial charge in [-0.1, -0.05) is 18.2 Å². The lowest BCUT2D eigenvalue weighted by Crippen LogP contribution is -2.44. The van der Waals surface area contributed by atoms with E-state index in [0.29, 0.717) is 31.1 Å². The molecule has 2 aliphatic heterocycles. The summed E-state index contributed by atoms with van der Waals surface area (Å²) in [5.74, 6) is 1.13. The Hall–Kier alpha value is -3.22. The van der Waals surface area contributed by atoms with Crippen molar-refractivity contribution in [3.8, 4) is 11.5 Å². The van der Waals surface area contributed by atoms with Crippen molar-refractivity contribution in [2.45, 2.75) is 12.8 Å². The summed E-state index contributed by atoms with van der Waals surface area (Å²) in [6.07, 6.45) is 1.92. The fraction of sp³-hybridized carbons (Fsp3) is 0.364. The van der Waals surface area contributed by atoms with Crippen LogP contribution in [0, 0.1) is 0 Å². The second-order valence-electron chi connectivity index (χ2n) is 7.17. The number of para-hydroxylation sites is 1. The third-order valence-corrected chi connectivity index (χ3v) is 5.51. The Labute approximate surface area is 170 Å².